The quantitative estimate of drug-likeness (QED) is 0.735. The second-order valence-corrected chi connectivity index (χ2v) is 4.58. The molecule has 0 spiro atoms. The molecular formula is C11H20N2O3. The molecule has 2 N–H and O–H groups in total. The monoisotopic (exact) mass is 228 g/mol. The summed E-state index contributed by atoms with van der Waals surface area (Å²) in [6.45, 7) is 6.60. The van der Waals surface area contributed by atoms with Gasteiger partial charge in [-0.15, -0.1) is 0 Å². The summed E-state index contributed by atoms with van der Waals surface area (Å²) in [5.41, 5.74) is 0. The molecule has 0 aliphatic carbocycles. The Hall–Kier alpha value is -1.10. The number of nitrogens with one attached hydrogen (secondary N) is 1. The van der Waals surface area contributed by atoms with Gasteiger partial charge in [0.15, 0.2) is 0 Å². The Morgan fingerprint density at radius 1 is 1.62 bits per heavy atom. The second kappa shape index (κ2) is 5.30. The maximum atomic E-state index is 12.1. The van der Waals surface area contributed by atoms with E-state index < -0.39 is 12.0 Å². The van der Waals surface area contributed by atoms with E-state index in [9.17, 15) is 9.59 Å². The summed E-state index contributed by atoms with van der Waals surface area (Å²) < 4.78 is 0. The van der Waals surface area contributed by atoms with Crippen LogP contribution in [0.15, 0.2) is 0 Å². The molecule has 2 atom stereocenters. The van der Waals surface area contributed by atoms with E-state index in [0.29, 0.717) is 6.54 Å². The largest absolute Gasteiger partial charge is 0.481 e. The maximum absolute atomic E-state index is 12.1. The van der Waals surface area contributed by atoms with Crippen molar-refractivity contribution < 1.29 is 14.7 Å². The van der Waals surface area contributed by atoms with E-state index in [2.05, 4.69) is 5.32 Å². The molecule has 1 aliphatic rings. The first-order chi connectivity index (χ1) is 7.43. The Balaban J connectivity index is 2.81. The highest BCUT2D eigenvalue weighted by Gasteiger charge is 2.33. The van der Waals surface area contributed by atoms with Gasteiger partial charge in [0.25, 0.3) is 0 Å². The smallest absolute Gasteiger partial charge is 0.305 e. The summed E-state index contributed by atoms with van der Waals surface area (Å²) in [6.07, 6.45) is 0.717. The van der Waals surface area contributed by atoms with Crippen LogP contribution in [0.4, 0.5) is 0 Å². The third-order valence-electron chi connectivity index (χ3n) is 2.92. The lowest BCUT2D eigenvalue weighted by atomic mass is 10.1. The molecule has 0 radical (unpaired) electrons. The molecule has 1 rings (SSSR count). The van der Waals surface area contributed by atoms with Gasteiger partial charge < -0.3 is 15.3 Å². The van der Waals surface area contributed by atoms with E-state index in [1.54, 1.807) is 4.90 Å². The van der Waals surface area contributed by atoms with Crippen molar-refractivity contribution >= 4 is 11.9 Å². The molecule has 0 aromatic rings. The lowest BCUT2D eigenvalue weighted by Crippen LogP contribution is -2.49. The van der Waals surface area contributed by atoms with Gasteiger partial charge in [0.05, 0.1) is 12.5 Å². The van der Waals surface area contributed by atoms with Gasteiger partial charge in [-0.25, -0.2) is 0 Å². The van der Waals surface area contributed by atoms with Crippen molar-refractivity contribution in [1.29, 1.82) is 0 Å². The highest BCUT2D eigenvalue weighted by molar-refractivity contribution is 5.86. The average Bonchev–Trinajstić information content (AvgIpc) is 2.26. The molecule has 5 heteroatoms. The average molecular weight is 228 g/mol. The zero-order chi connectivity index (χ0) is 12.3. The minimum absolute atomic E-state index is 0.0950. The number of rotatable bonds is 3. The van der Waals surface area contributed by atoms with E-state index >= 15 is 0 Å². The normalized spacial score (nSPS) is 27.0. The van der Waals surface area contributed by atoms with Gasteiger partial charge in [0, 0.05) is 12.1 Å². The fourth-order valence-electron chi connectivity index (χ4n) is 2.19. The van der Waals surface area contributed by atoms with E-state index in [-0.39, 0.29) is 24.4 Å². The fourth-order valence-corrected chi connectivity index (χ4v) is 2.19. The number of hydrogen-bond donors (Lipinski definition) is 2. The van der Waals surface area contributed by atoms with Crippen LogP contribution >= 0.6 is 0 Å². The van der Waals surface area contributed by atoms with Crippen LogP contribution in [0.3, 0.4) is 0 Å². The number of aliphatic carboxylic acids is 1. The first-order valence-corrected chi connectivity index (χ1v) is 5.70. The Labute approximate surface area is 95.8 Å². The van der Waals surface area contributed by atoms with Gasteiger partial charge in [-0.2, -0.15) is 0 Å². The highest BCUT2D eigenvalue weighted by atomic mass is 16.4. The predicted molar refractivity (Wildman–Crippen MR) is 60.1 cm³/mol. The van der Waals surface area contributed by atoms with Gasteiger partial charge in [0.2, 0.25) is 5.91 Å². The van der Waals surface area contributed by atoms with Gasteiger partial charge in [-0.05, 0) is 33.7 Å². The topological polar surface area (TPSA) is 69.6 Å². The lowest BCUT2D eigenvalue weighted by molar-refractivity contribution is -0.143. The number of nitrogens with zero attached hydrogens (tertiary/aromatic N) is 1. The third-order valence-corrected chi connectivity index (χ3v) is 2.92. The van der Waals surface area contributed by atoms with E-state index in [4.69, 9.17) is 5.11 Å². The van der Waals surface area contributed by atoms with Crippen molar-refractivity contribution in [2.45, 2.75) is 51.7 Å². The number of carboxylic acids is 1. The first-order valence-electron chi connectivity index (χ1n) is 5.70. The molecule has 1 saturated heterocycles. The van der Waals surface area contributed by atoms with Crippen molar-refractivity contribution in [2.24, 2.45) is 0 Å². The molecule has 0 aromatic heterocycles. The highest BCUT2D eigenvalue weighted by Crippen LogP contribution is 2.15. The first kappa shape index (κ1) is 13.0. The van der Waals surface area contributed by atoms with E-state index in [1.165, 1.54) is 0 Å². The Morgan fingerprint density at radius 2 is 2.25 bits per heavy atom. The number of carbonyl (C=O) groups excluding carboxylic acids is 1. The summed E-state index contributed by atoms with van der Waals surface area (Å²) in [5, 5.41) is 11.8. The van der Waals surface area contributed by atoms with E-state index in [1.807, 2.05) is 20.8 Å². The number of carboxylic acid groups (broad SMARTS) is 1. The fraction of sp³-hybridized carbons (Fsp3) is 0.818. The van der Waals surface area contributed by atoms with Crippen LogP contribution in [-0.2, 0) is 9.59 Å². The summed E-state index contributed by atoms with van der Waals surface area (Å²) >= 11 is 0. The van der Waals surface area contributed by atoms with Crippen LogP contribution in [0.1, 0.15) is 33.6 Å². The van der Waals surface area contributed by atoms with Crippen LogP contribution in [0, 0.1) is 0 Å². The molecule has 92 valence electrons. The minimum atomic E-state index is -0.941. The molecule has 0 saturated carbocycles. The van der Waals surface area contributed by atoms with E-state index in [0.717, 1.165) is 6.42 Å². The van der Waals surface area contributed by atoms with Crippen molar-refractivity contribution in [2.75, 3.05) is 6.54 Å². The number of amides is 1. The van der Waals surface area contributed by atoms with Gasteiger partial charge in [0.1, 0.15) is 0 Å². The molecule has 1 heterocycles. The number of hydrogen-bond acceptors (Lipinski definition) is 3. The third kappa shape index (κ3) is 2.95. The Morgan fingerprint density at radius 3 is 2.75 bits per heavy atom. The van der Waals surface area contributed by atoms with Gasteiger partial charge in [-0.3, -0.25) is 9.59 Å². The lowest BCUT2D eigenvalue weighted by Gasteiger charge is -2.32. The zero-order valence-corrected chi connectivity index (χ0v) is 10.1. The second-order valence-electron chi connectivity index (χ2n) is 4.58. The molecule has 1 fully saturated rings. The maximum Gasteiger partial charge on any atom is 0.305 e. The van der Waals surface area contributed by atoms with Crippen molar-refractivity contribution in [3.63, 3.8) is 0 Å². The Kier molecular flexibility index (Phi) is 4.29. The summed E-state index contributed by atoms with van der Waals surface area (Å²) in [5.74, 6) is -1.04. The van der Waals surface area contributed by atoms with Gasteiger partial charge >= 0.3 is 5.97 Å². The van der Waals surface area contributed by atoms with Gasteiger partial charge in [-0.1, -0.05) is 0 Å². The van der Waals surface area contributed by atoms with Crippen LogP contribution in [0.2, 0.25) is 0 Å². The SMILES string of the molecule is CC(C)N1C(=O)C(CC(=O)O)NCCC1C. The van der Waals surface area contributed by atoms with Crippen molar-refractivity contribution in [1.82, 2.24) is 10.2 Å². The molecule has 5 nitrogen and oxygen atoms in total. The predicted octanol–water partition coefficient (Wildman–Crippen LogP) is 0.449. The molecule has 16 heavy (non-hydrogen) atoms. The molecule has 2 unspecified atom stereocenters. The molecule has 1 amide bonds. The zero-order valence-electron chi connectivity index (χ0n) is 10.1. The van der Waals surface area contributed by atoms with Crippen molar-refractivity contribution in [3.8, 4) is 0 Å². The summed E-state index contributed by atoms with van der Waals surface area (Å²) in [4.78, 5) is 24.6. The molecular weight excluding hydrogens is 208 g/mol. The summed E-state index contributed by atoms with van der Waals surface area (Å²) in [7, 11) is 0. The molecule has 0 bridgehead atoms. The van der Waals surface area contributed by atoms with Crippen LogP contribution in [0.25, 0.3) is 0 Å². The molecule has 1 aliphatic heterocycles. The molecule has 0 aromatic carbocycles. The van der Waals surface area contributed by atoms with Crippen LogP contribution < -0.4 is 5.32 Å². The Bertz CT molecular complexity index is 278. The summed E-state index contributed by atoms with van der Waals surface area (Å²) in [6, 6.07) is -0.303. The number of carbonyl (C=O) groups is 2. The van der Waals surface area contributed by atoms with Crippen LogP contribution in [0.5, 0.6) is 0 Å². The standard InChI is InChI=1S/C11H20N2O3/c1-7(2)13-8(3)4-5-12-9(11(13)16)6-10(14)15/h7-9,12H,4-6H2,1-3H3,(H,14,15). The van der Waals surface area contributed by atoms with Crippen molar-refractivity contribution in [3.05, 3.63) is 0 Å². The van der Waals surface area contributed by atoms with Crippen LogP contribution in [-0.4, -0.2) is 46.6 Å². The minimum Gasteiger partial charge on any atom is -0.481 e.